The molecule has 0 aliphatic carbocycles. The lowest BCUT2D eigenvalue weighted by Crippen LogP contribution is -2.27. The Morgan fingerprint density at radius 3 is 2.35 bits per heavy atom. The Labute approximate surface area is 200 Å². The van der Waals surface area contributed by atoms with Gasteiger partial charge in [0, 0.05) is 22.6 Å². The summed E-state index contributed by atoms with van der Waals surface area (Å²) in [5.41, 5.74) is 4.53. The smallest absolute Gasteiger partial charge is 0.173 e. The van der Waals surface area contributed by atoms with Crippen molar-refractivity contribution < 1.29 is 24.5 Å². The van der Waals surface area contributed by atoms with Crippen molar-refractivity contribution in [2.24, 2.45) is 0 Å². The molecule has 2 aromatic carbocycles. The molecule has 0 radical (unpaired) electrons. The zero-order valence-electron chi connectivity index (χ0n) is 20.4. The highest BCUT2D eigenvalue weighted by Crippen LogP contribution is 2.48. The van der Waals surface area contributed by atoms with Crippen molar-refractivity contribution >= 4 is 17.0 Å². The first-order chi connectivity index (χ1) is 16.0. The molecule has 0 fully saturated rings. The summed E-state index contributed by atoms with van der Waals surface area (Å²) < 4.78 is 12.4. The first kappa shape index (κ1) is 23.6. The van der Waals surface area contributed by atoms with Crippen LogP contribution in [0.5, 0.6) is 23.0 Å². The van der Waals surface area contributed by atoms with Crippen molar-refractivity contribution in [1.82, 2.24) is 0 Å². The van der Waals surface area contributed by atoms with Gasteiger partial charge in [-0.2, -0.15) is 0 Å². The van der Waals surface area contributed by atoms with Crippen molar-refractivity contribution in [1.29, 1.82) is 0 Å². The van der Waals surface area contributed by atoms with Gasteiger partial charge >= 0.3 is 0 Å². The summed E-state index contributed by atoms with van der Waals surface area (Å²) in [5, 5.41) is 31.9. The van der Waals surface area contributed by atoms with Crippen LogP contribution in [0.4, 0.5) is 0 Å². The van der Waals surface area contributed by atoms with Crippen LogP contribution in [0.3, 0.4) is 0 Å². The van der Waals surface area contributed by atoms with Gasteiger partial charge in [-0.25, -0.2) is 0 Å². The average molecular weight is 461 g/mol. The van der Waals surface area contributed by atoms with E-state index < -0.39 is 5.60 Å². The lowest BCUT2D eigenvalue weighted by Gasteiger charge is -2.29. The second-order valence-electron chi connectivity index (χ2n) is 9.78. The standard InChI is InChI=1S/C29H32O5/c1-17(2)7-6-8-18(3)9-10-22-24-16-25(19-13-20(30)15-21(31)14-19)33-27(24)23-11-12-29(4,5)34-28(23)26(22)32/h7,9,11-16,30-32H,6,8,10H2,1-5H3/b18-9+. The Balaban J connectivity index is 1.84. The zero-order chi connectivity index (χ0) is 24.6. The maximum absolute atomic E-state index is 11.3. The molecule has 0 spiro atoms. The van der Waals surface area contributed by atoms with Gasteiger partial charge in [0.2, 0.25) is 0 Å². The van der Waals surface area contributed by atoms with Gasteiger partial charge in [-0.1, -0.05) is 23.3 Å². The molecule has 0 atom stereocenters. The summed E-state index contributed by atoms with van der Waals surface area (Å²) >= 11 is 0. The summed E-state index contributed by atoms with van der Waals surface area (Å²) in [4.78, 5) is 0. The predicted molar refractivity (Wildman–Crippen MR) is 137 cm³/mol. The molecule has 1 aliphatic rings. The highest BCUT2D eigenvalue weighted by molar-refractivity contribution is 5.97. The fraction of sp³-hybridized carbons (Fsp3) is 0.310. The number of furan rings is 1. The van der Waals surface area contributed by atoms with E-state index in [9.17, 15) is 15.3 Å². The van der Waals surface area contributed by atoms with Crippen LogP contribution in [0, 0.1) is 0 Å². The molecule has 4 rings (SSSR count). The van der Waals surface area contributed by atoms with Gasteiger partial charge in [0.25, 0.3) is 0 Å². The second-order valence-corrected chi connectivity index (χ2v) is 9.78. The number of fused-ring (bicyclic) bond motifs is 3. The SMILES string of the molecule is CC(C)=CCC/C(C)=C/Cc1c(O)c2c(c3oc(-c4cc(O)cc(O)c4)cc13)C=CC(C)(C)O2. The van der Waals surface area contributed by atoms with Crippen LogP contribution in [-0.2, 0) is 6.42 Å². The number of ether oxygens (including phenoxy) is 1. The van der Waals surface area contributed by atoms with E-state index >= 15 is 0 Å². The fourth-order valence-corrected chi connectivity index (χ4v) is 4.20. The van der Waals surface area contributed by atoms with Crippen LogP contribution in [0.2, 0.25) is 0 Å². The normalized spacial score (nSPS) is 14.7. The predicted octanol–water partition coefficient (Wildman–Crippen LogP) is 7.64. The number of hydrogen-bond acceptors (Lipinski definition) is 5. The van der Waals surface area contributed by atoms with Gasteiger partial charge in [0.05, 0.1) is 5.56 Å². The van der Waals surface area contributed by atoms with E-state index in [-0.39, 0.29) is 17.2 Å². The third-order valence-corrected chi connectivity index (χ3v) is 6.00. The monoisotopic (exact) mass is 460 g/mol. The molecule has 3 N–H and O–H groups in total. The number of rotatable bonds is 6. The fourth-order valence-electron chi connectivity index (χ4n) is 4.20. The van der Waals surface area contributed by atoms with E-state index in [0.717, 1.165) is 23.8 Å². The highest BCUT2D eigenvalue weighted by Gasteiger charge is 2.30. The van der Waals surface area contributed by atoms with Crippen LogP contribution in [-0.4, -0.2) is 20.9 Å². The Bertz CT molecular complexity index is 1310. The molecule has 0 saturated carbocycles. The van der Waals surface area contributed by atoms with E-state index in [1.165, 1.54) is 29.3 Å². The molecule has 3 aromatic rings. The molecule has 0 saturated heterocycles. The van der Waals surface area contributed by atoms with E-state index in [1.54, 1.807) is 0 Å². The summed E-state index contributed by atoms with van der Waals surface area (Å²) in [6, 6.07) is 6.18. The largest absolute Gasteiger partial charge is 0.508 e. The number of aromatic hydroxyl groups is 3. The van der Waals surface area contributed by atoms with E-state index in [2.05, 4.69) is 32.9 Å². The second kappa shape index (κ2) is 8.98. The van der Waals surface area contributed by atoms with Gasteiger partial charge < -0.3 is 24.5 Å². The Kier molecular flexibility index (Phi) is 6.22. The Morgan fingerprint density at radius 1 is 0.971 bits per heavy atom. The van der Waals surface area contributed by atoms with Crippen LogP contribution in [0.25, 0.3) is 28.4 Å². The van der Waals surface area contributed by atoms with Gasteiger partial charge in [-0.15, -0.1) is 0 Å². The summed E-state index contributed by atoms with van der Waals surface area (Å²) in [6.45, 7) is 10.2. The molecule has 5 nitrogen and oxygen atoms in total. The maximum Gasteiger partial charge on any atom is 0.173 e. The molecule has 178 valence electrons. The summed E-state index contributed by atoms with van der Waals surface area (Å²) in [5.74, 6) is 0.892. The van der Waals surface area contributed by atoms with Crippen LogP contribution >= 0.6 is 0 Å². The number of benzene rings is 2. The van der Waals surface area contributed by atoms with E-state index in [0.29, 0.717) is 34.6 Å². The molecule has 34 heavy (non-hydrogen) atoms. The third-order valence-electron chi connectivity index (χ3n) is 6.00. The number of phenolic OH excluding ortho intramolecular Hbond substituents is 3. The minimum absolute atomic E-state index is 0.0551. The van der Waals surface area contributed by atoms with Gasteiger partial charge in [-0.3, -0.25) is 0 Å². The van der Waals surface area contributed by atoms with Crippen molar-refractivity contribution in [3.8, 4) is 34.3 Å². The summed E-state index contributed by atoms with van der Waals surface area (Å²) in [7, 11) is 0. The average Bonchev–Trinajstić information content (AvgIpc) is 3.17. The van der Waals surface area contributed by atoms with Crippen LogP contribution in [0.15, 0.2) is 58.1 Å². The summed E-state index contributed by atoms with van der Waals surface area (Å²) in [6.07, 6.45) is 10.7. The molecule has 0 unspecified atom stereocenters. The van der Waals surface area contributed by atoms with E-state index in [1.807, 2.05) is 32.1 Å². The number of hydrogen-bond donors (Lipinski definition) is 3. The molecule has 1 aliphatic heterocycles. The number of allylic oxidation sites excluding steroid dienone is 4. The number of phenols is 3. The molecular formula is C29H32O5. The van der Waals surface area contributed by atoms with Crippen molar-refractivity contribution in [2.75, 3.05) is 0 Å². The Hall–Kier alpha value is -3.60. The first-order valence-electron chi connectivity index (χ1n) is 11.6. The molecule has 1 aromatic heterocycles. The zero-order valence-corrected chi connectivity index (χ0v) is 20.4. The minimum Gasteiger partial charge on any atom is -0.508 e. The quantitative estimate of drug-likeness (QED) is 0.329. The minimum atomic E-state index is -0.558. The first-order valence-corrected chi connectivity index (χ1v) is 11.6. The lowest BCUT2D eigenvalue weighted by atomic mass is 9.95. The third kappa shape index (κ3) is 4.84. The molecule has 0 amide bonds. The topological polar surface area (TPSA) is 83.1 Å². The van der Waals surface area contributed by atoms with Gasteiger partial charge in [0.15, 0.2) is 11.5 Å². The van der Waals surface area contributed by atoms with Gasteiger partial charge in [-0.05, 0) is 84.2 Å². The Morgan fingerprint density at radius 2 is 1.68 bits per heavy atom. The van der Waals surface area contributed by atoms with Crippen molar-refractivity contribution in [3.05, 3.63) is 64.8 Å². The highest BCUT2D eigenvalue weighted by atomic mass is 16.5. The van der Waals surface area contributed by atoms with Crippen LogP contribution < -0.4 is 4.74 Å². The van der Waals surface area contributed by atoms with Crippen molar-refractivity contribution in [2.45, 2.75) is 59.5 Å². The lowest BCUT2D eigenvalue weighted by molar-refractivity contribution is 0.152. The van der Waals surface area contributed by atoms with Crippen molar-refractivity contribution in [3.63, 3.8) is 0 Å². The maximum atomic E-state index is 11.3. The molecule has 2 heterocycles. The molecular weight excluding hydrogens is 428 g/mol. The molecule has 0 bridgehead atoms. The van der Waals surface area contributed by atoms with E-state index in [4.69, 9.17) is 9.15 Å². The van der Waals surface area contributed by atoms with Gasteiger partial charge in [0.1, 0.15) is 28.4 Å². The van der Waals surface area contributed by atoms with Crippen LogP contribution in [0.1, 0.15) is 58.6 Å². The molecule has 5 heteroatoms.